The Bertz CT molecular complexity index is 4630. The van der Waals surface area contributed by atoms with Crippen LogP contribution in [0.4, 0.5) is 0 Å². The number of rotatable bonds is 22. The largest absolute Gasteiger partial charge is 0.147 e. The zero-order valence-electron chi connectivity index (χ0n) is 57.7. The predicted octanol–water partition coefficient (Wildman–Crippen LogP) is 11.1. The second-order valence-corrected chi connectivity index (χ2v) is 81.3. The van der Waals surface area contributed by atoms with E-state index in [1.54, 1.807) is 0 Å². The van der Waals surface area contributed by atoms with Crippen LogP contribution in [-0.2, 0) is 0 Å². The molecular formula is C96H80Si7. The summed E-state index contributed by atoms with van der Waals surface area (Å²) in [5, 5.41) is 23.0. The van der Waals surface area contributed by atoms with Crippen LogP contribution in [0.15, 0.2) is 485 Å². The average molecular weight is 1430 g/mol. The molecule has 0 bridgehead atoms. The summed E-state index contributed by atoms with van der Waals surface area (Å²) in [4.78, 5) is 0. The zero-order valence-corrected chi connectivity index (χ0v) is 64.7. The Hall–Kier alpha value is -11.0. The molecule has 16 aromatic carbocycles. The molecule has 16 aromatic rings. The normalized spacial score (nSPS) is 12.3. The van der Waals surface area contributed by atoms with Crippen LogP contribution in [-0.4, -0.2) is 50.7 Å². The molecule has 7 heteroatoms. The van der Waals surface area contributed by atoms with Crippen LogP contribution in [0.5, 0.6) is 0 Å². The highest BCUT2D eigenvalue weighted by Gasteiger charge is 2.88. The molecule has 0 fully saturated rings. The molecule has 0 radical (unpaired) electrons. The zero-order chi connectivity index (χ0) is 69.3. The van der Waals surface area contributed by atoms with E-state index in [2.05, 4.69) is 485 Å². The van der Waals surface area contributed by atoms with Crippen LogP contribution in [0.25, 0.3) is 0 Å². The first-order chi connectivity index (χ1) is 51.2. The number of benzene rings is 16. The summed E-state index contributed by atoms with van der Waals surface area (Å²) in [7, 11) is -30.5. The van der Waals surface area contributed by atoms with Gasteiger partial charge in [0, 0.05) is 0 Å². The molecule has 0 amide bonds. The van der Waals surface area contributed by atoms with Crippen molar-refractivity contribution in [3.8, 4) is 0 Å². The van der Waals surface area contributed by atoms with E-state index in [1.807, 2.05) is 0 Å². The molecule has 0 aliphatic rings. The van der Waals surface area contributed by atoms with Gasteiger partial charge in [-0.15, -0.1) is 0 Å². The van der Waals surface area contributed by atoms with Crippen LogP contribution in [0.2, 0.25) is 0 Å². The van der Waals surface area contributed by atoms with Gasteiger partial charge in [0.2, 0.25) is 0 Å². The molecule has 103 heavy (non-hydrogen) atoms. The molecule has 0 saturated heterocycles. The standard InChI is InChI=1S/C96H80Si7/c1-17-49-81(50-18-1)97(82-51-19-2-20-52-82,83-53-21-3-22-54-83)99(87-61-29-7-30-62-87,88-63-31-8-32-64-88)101(91-69-37-11-38-70-91,92-71-39-12-40-72-92)103(95-77-45-15-46-78-95,96-79-47-16-48-80-96)102(93-73-41-13-42-74-93,94-75-43-14-44-76-94)100(89-65-33-9-34-66-89,90-67-35-10-36-68-90)98(84-55-23-4-24-56-84,85-57-25-5-26-58-85)86-59-27-6-28-60-86/h1-80H. The quantitative estimate of drug-likeness (QED) is 0.0469. The van der Waals surface area contributed by atoms with Crippen molar-refractivity contribution in [1.82, 2.24) is 0 Å². The average Bonchev–Trinajstić information content (AvgIpc) is 0.618. The summed E-state index contributed by atoms with van der Waals surface area (Å²) >= 11 is 0. The Morgan fingerprint density at radius 2 is 0.155 bits per heavy atom. The summed E-state index contributed by atoms with van der Waals surface area (Å²) in [6, 6.07) is 199. The van der Waals surface area contributed by atoms with Crippen LogP contribution in [0.1, 0.15) is 0 Å². The third kappa shape index (κ3) is 10.1. The van der Waals surface area contributed by atoms with Crippen molar-refractivity contribution in [3.05, 3.63) is 485 Å². The molecule has 0 heterocycles. The van der Waals surface area contributed by atoms with Crippen molar-refractivity contribution in [1.29, 1.82) is 0 Å². The molecule has 16 rings (SSSR count). The second kappa shape index (κ2) is 29.2. The van der Waals surface area contributed by atoms with Crippen molar-refractivity contribution < 1.29 is 0 Å². The Morgan fingerprint density at radius 3 is 0.262 bits per heavy atom. The molecular weight excluding hydrogens is 1350 g/mol. The maximum absolute atomic E-state index is 4.62. The maximum atomic E-state index is 2.72. The van der Waals surface area contributed by atoms with Crippen LogP contribution >= 0.6 is 0 Å². The van der Waals surface area contributed by atoms with Gasteiger partial charge in [0.15, 0.2) is 0 Å². The molecule has 0 saturated carbocycles. The van der Waals surface area contributed by atoms with E-state index in [4.69, 9.17) is 0 Å². The molecule has 0 aliphatic carbocycles. The fraction of sp³-hybridized carbons (Fsp3) is 0. The van der Waals surface area contributed by atoms with Gasteiger partial charge in [0.25, 0.3) is 0 Å². The lowest BCUT2D eigenvalue weighted by molar-refractivity contribution is 1.67. The van der Waals surface area contributed by atoms with E-state index in [0.29, 0.717) is 0 Å². The Kier molecular flexibility index (Phi) is 18.9. The fourth-order valence-electron chi connectivity index (χ4n) is 19.9. The minimum absolute atomic E-state index is 1.41. The highest BCUT2D eigenvalue weighted by molar-refractivity contribution is 8.16. The first kappa shape index (κ1) is 66.6. The Labute approximate surface area is 614 Å². The van der Waals surface area contributed by atoms with Gasteiger partial charge in [-0.25, -0.2) is 0 Å². The van der Waals surface area contributed by atoms with Gasteiger partial charge in [0.05, 0.1) is 0 Å². The van der Waals surface area contributed by atoms with E-state index in [1.165, 1.54) is 83.0 Å². The third-order valence-corrected chi connectivity index (χ3v) is 134. The number of hydrogen-bond donors (Lipinski definition) is 0. The van der Waals surface area contributed by atoms with Gasteiger partial charge in [0.1, 0.15) is 50.7 Å². The van der Waals surface area contributed by atoms with Crippen molar-refractivity contribution in [2.75, 3.05) is 0 Å². The van der Waals surface area contributed by atoms with E-state index >= 15 is 0 Å². The second-order valence-electron chi connectivity index (χ2n) is 27.1. The molecule has 0 N–H and O–H groups in total. The monoisotopic (exact) mass is 1430 g/mol. The van der Waals surface area contributed by atoms with Gasteiger partial charge in [-0.2, -0.15) is 0 Å². The van der Waals surface area contributed by atoms with Gasteiger partial charge in [-0.05, 0) is 0 Å². The van der Waals surface area contributed by atoms with Crippen molar-refractivity contribution in [2.24, 2.45) is 0 Å². The first-order valence-electron chi connectivity index (χ1n) is 36.1. The molecule has 492 valence electrons. The van der Waals surface area contributed by atoms with E-state index in [9.17, 15) is 0 Å². The van der Waals surface area contributed by atoms with E-state index < -0.39 is 50.7 Å². The lowest BCUT2D eigenvalue weighted by atomic mass is 10.3. The lowest BCUT2D eigenvalue weighted by Gasteiger charge is -2.72. The summed E-state index contributed by atoms with van der Waals surface area (Å²) in [5.74, 6) is 0. The summed E-state index contributed by atoms with van der Waals surface area (Å²) in [6.07, 6.45) is 0. The topological polar surface area (TPSA) is 0 Å². The molecule has 0 nitrogen and oxygen atoms in total. The van der Waals surface area contributed by atoms with Crippen LogP contribution < -0.4 is 83.0 Å². The van der Waals surface area contributed by atoms with Crippen molar-refractivity contribution >= 4 is 134 Å². The highest BCUT2D eigenvalue weighted by Crippen LogP contribution is 2.46. The van der Waals surface area contributed by atoms with E-state index in [-0.39, 0.29) is 0 Å². The summed E-state index contributed by atoms with van der Waals surface area (Å²) in [6.45, 7) is 0. The summed E-state index contributed by atoms with van der Waals surface area (Å²) in [5.41, 5.74) is 0. The molecule has 0 aromatic heterocycles. The van der Waals surface area contributed by atoms with Gasteiger partial charge in [-0.1, -0.05) is 568 Å². The molecule has 0 spiro atoms. The third-order valence-electron chi connectivity index (χ3n) is 22.7. The number of hydrogen-bond acceptors (Lipinski definition) is 0. The minimum atomic E-state index is -4.62. The van der Waals surface area contributed by atoms with Gasteiger partial charge < -0.3 is 0 Å². The highest BCUT2D eigenvalue weighted by atomic mass is 30.1. The SMILES string of the molecule is c1ccc([Si](c2ccccc2)(c2ccccc2)[Si](c2ccccc2)(c2ccccc2)[Si](c2ccccc2)(c2ccccc2)[Si](c2ccccc2)(c2ccccc2)[Si](c2ccccc2)(c2ccccc2)[Si](c2ccccc2)(c2ccccc2)[Si](c2ccccc2)(c2ccccc2)c2ccccc2)cc1. The van der Waals surface area contributed by atoms with Crippen molar-refractivity contribution in [3.63, 3.8) is 0 Å². The maximum Gasteiger partial charge on any atom is 0.147 e. The van der Waals surface area contributed by atoms with Gasteiger partial charge >= 0.3 is 0 Å². The molecule has 0 unspecified atom stereocenters. The molecule has 0 aliphatic heterocycles. The van der Waals surface area contributed by atoms with Gasteiger partial charge in [-0.3, -0.25) is 0 Å². The van der Waals surface area contributed by atoms with Crippen molar-refractivity contribution in [2.45, 2.75) is 0 Å². The smallest absolute Gasteiger partial charge is 0.0631 e. The molecule has 0 atom stereocenters. The first-order valence-corrected chi connectivity index (χ1v) is 56.1. The fourth-order valence-corrected chi connectivity index (χ4v) is 208. The van der Waals surface area contributed by atoms with Crippen LogP contribution in [0, 0.1) is 0 Å². The predicted molar refractivity (Wildman–Crippen MR) is 457 cm³/mol. The Morgan fingerprint density at radius 1 is 0.0777 bits per heavy atom. The minimum Gasteiger partial charge on any atom is -0.0631 e. The van der Waals surface area contributed by atoms with Crippen LogP contribution in [0.3, 0.4) is 0 Å². The van der Waals surface area contributed by atoms with E-state index in [0.717, 1.165) is 0 Å². The Balaban J connectivity index is 1.40. The lowest BCUT2D eigenvalue weighted by Crippen LogP contribution is -3.18. The summed E-state index contributed by atoms with van der Waals surface area (Å²) < 4.78 is 0.